The molecule has 0 saturated heterocycles. The third-order valence-corrected chi connectivity index (χ3v) is 4.77. The molecule has 0 fully saturated rings. The second-order valence-corrected chi connectivity index (χ2v) is 7.50. The molecule has 0 spiro atoms. The van der Waals surface area contributed by atoms with E-state index in [0.717, 1.165) is 0 Å². The van der Waals surface area contributed by atoms with Gasteiger partial charge in [-0.25, -0.2) is 0 Å². The van der Waals surface area contributed by atoms with Crippen LogP contribution in [0.1, 0.15) is 22.9 Å². The second kappa shape index (κ2) is 9.51. The van der Waals surface area contributed by atoms with Gasteiger partial charge in [-0.1, -0.05) is 10.3 Å². The third-order valence-electron chi connectivity index (χ3n) is 4.77. The predicted octanol–water partition coefficient (Wildman–Crippen LogP) is 5.90. The molecule has 2 heterocycles. The third kappa shape index (κ3) is 5.58. The number of alkyl halides is 6. The minimum Gasteiger partial charge on any atom is -0.490 e. The van der Waals surface area contributed by atoms with Gasteiger partial charge in [0.05, 0.1) is 0 Å². The summed E-state index contributed by atoms with van der Waals surface area (Å²) < 4.78 is 95.7. The molecule has 14 heteroatoms. The van der Waals surface area contributed by atoms with Crippen molar-refractivity contribution in [1.29, 1.82) is 0 Å². The maximum absolute atomic E-state index is 12.7. The lowest BCUT2D eigenvalue weighted by atomic mass is 10.1. The van der Waals surface area contributed by atoms with Crippen LogP contribution in [0.15, 0.2) is 45.4 Å². The monoisotopic (exact) mass is 514 g/mol. The van der Waals surface area contributed by atoms with Crippen LogP contribution in [-0.2, 0) is 12.4 Å². The summed E-state index contributed by atoms with van der Waals surface area (Å²) in [6.07, 6.45) is -9.46. The molecule has 0 bridgehead atoms. The first-order valence-electron chi connectivity index (χ1n) is 10.2. The van der Waals surface area contributed by atoms with Crippen molar-refractivity contribution in [2.24, 2.45) is 0 Å². The minimum absolute atomic E-state index is 0.139. The van der Waals surface area contributed by atoms with E-state index in [1.165, 1.54) is 24.3 Å². The normalized spacial score (nSPS) is 12.1. The molecule has 0 aliphatic rings. The highest BCUT2D eigenvalue weighted by Gasteiger charge is 2.39. The van der Waals surface area contributed by atoms with Crippen LogP contribution in [0.25, 0.3) is 22.8 Å². The van der Waals surface area contributed by atoms with E-state index in [2.05, 4.69) is 29.3 Å². The molecule has 0 aliphatic carbocycles. The largest absolute Gasteiger partial charge is 0.490 e. The smallest absolute Gasteiger partial charge is 0.471 e. The van der Waals surface area contributed by atoms with Crippen LogP contribution < -0.4 is 9.47 Å². The molecule has 0 radical (unpaired) electrons. The van der Waals surface area contributed by atoms with Crippen molar-refractivity contribution in [2.75, 3.05) is 13.2 Å². The summed E-state index contributed by atoms with van der Waals surface area (Å²) in [5.41, 5.74) is 1.95. The van der Waals surface area contributed by atoms with Crippen LogP contribution in [0, 0.1) is 13.8 Å². The first kappa shape index (κ1) is 25.0. The number of nitrogens with zero attached hydrogens (tertiary/aromatic N) is 4. The highest BCUT2D eigenvalue weighted by atomic mass is 19.4. The van der Waals surface area contributed by atoms with Crippen molar-refractivity contribution in [3.05, 3.63) is 59.3 Å². The van der Waals surface area contributed by atoms with Crippen LogP contribution in [0.5, 0.6) is 11.5 Å². The number of benzene rings is 2. The Balaban J connectivity index is 1.33. The van der Waals surface area contributed by atoms with Crippen LogP contribution in [-0.4, -0.2) is 33.5 Å². The zero-order valence-electron chi connectivity index (χ0n) is 18.6. The maximum atomic E-state index is 12.7. The zero-order valence-corrected chi connectivity index (χ0v) is 18.6. The number of aromatic nitrogens is 4. The number of rotatable bonds is 7. The zero-order chi connectivity index (χ0) is 26.1. The SMILES string of the molecule is Cc1cc(-c2noc(C(F)(F)F)n2)cc(C)c1OCCOc1ccc(-c2noc(C(F)(F)F)n2)cc1. The summed E-state index contributed by atoms with van der Waals surface area (Å²) in [5, 5.41) is 6.70. The van der Waals surface area contributed by atoms with Gasteiger partial charge in [-0.15, -0.1) is 0 Å². The molecule has 0 N–H and O–H groups in total. The van der Waals surface area contributed by atoms with E-state index < -0.39 is 24.1 Å². The van der Waals surface area contributed by atoms with Crippen molar-refractivity contribution in [3.8, 4) is 34.3 Å². The first-order chi connectivity index (χ1) is 16.9. The Labute approximate surface area is 198 Å². The Morgan fingerprint density at radius 3 is 1.64 bits per heavy atom. The lowest BCUT2D eigenvalue weighted by Crippen LogP contribution is -2.10. The van der Waals surface area contributed by atoms with E-state index >= 15 is 0 Å². The van der Waals surface area contributed by atoms with Crippen LogP contribution >= 0.6 is 0 Å². The first-order valence-corrected chi connectivity index (χ1v) is 10.2. The number of aryl methyl sites for hydroxylation is 2. The van der Waals surface area contributed by atoms with Gasteiger partial charge < -0.3 is 18.5 Å². The molecule has 0 amide bonds. The average molecular weight is 514 g/mol. The van der Waals surface area contributed by atoms with Crippen LogP contribution in [0.4, 0.5) is 26.3 Å². The van der Waals surface area contributed by atoms with Crippen molar-refractivity contribution < 1.29 is 44.9 Å². The summed E-state index contributed by atoms with van der Waals surface area (Å²) in [5.74, 6) is -2.30. The van der Waals surface area contributed by atoms with E-state index in [-0.39, 0.29) is 24.9 Å². The fourth-order valence-corrected chi connectivity index (χ4v) is 3.22. The maximum Gasteiger partial charge on any atom is 0.471 e. The topological polar surface area (TPSA) is 96.3 Å². The summed E-state index contributed by atoms with van der Waals surface area (Å²) in [6, 6.07) is 9.19. The van der Waals surface area contributed by atoms with Gasteiger partial charge in [-0.05, 0) is 61.4 Å². The van der Waals surface area contributed by atoms with Gasteiger partial charge in [0.25, 0.3) is 0 Å². The molecule has 8 nitrogen and oxygen atoms in total. The molecule has 4 aromatic rings. The predicted molar refractivity (Wildman–Crippen MR) is 110 cm³/mol. The lowest BCUT2D eigenvalue weighted by Gasteiger charge is -2.14. The van der Waals surface area contributed by atoms with E-state index in [0.29, 0.717) is 33.8 Å². The molecular weight excluding hydrogens is 498 g/mol. The molecule has 0 aliphatic heterocycles. The van der Waals surface area contributed by atoms with Crippen LogP contribution in [0.2, 0.25) is 0 Å². The Bertz CT molecular complexity index is 1320. The van der Waals surface area contributed by atoms with Gasteiger partial charge in [-0.3, -0.25) is 0 Å². The van der Waals surface area contributed by atoms with E-state index in [1.807, 2.05) is 0 Å². The van der Waals surface area contributed by atoms with Crippen molar-refractivity contribution >= 4 is 0 Å². The number of hydrogen-bond acceptors (Lipinski definition) is 8. The molecule has 36 heavy (non-hydrogen) atoms. The Kier molecular flexibility index (Phi) is 6.61. The average Bonchev–Trinajstić information content (AvgIpc) is 3.48. The molecule has 4 rings (SSSR count). The Morgan fingerprint density at radius 1 is 0.694 bits per heavy atom. The number of halogens is 6. The Hall–Kier alpha value is -4.10. The molecular formula is C22H16F6N4O4. The van der Waals surface area contributed by atoms with Crippen molar-refractivity contribution in [3.63, 3.8) is 0 Å². The number of hydrogen-bond donors (Lipinski definition) is 0. The lowest BCUT2D eigenvalue weighted by molar-refractivity contribution is -0.160. The highest BCUT2D eigenvalue weighted by molar-refractivity contribution is 5.61. The second-order valence-electron chi connectivity index (χ2n) is 7.50. The quantitative estimate of drug-likeness (QED) is 0.222. The van der Waals surface area contributed by atoms with E-state index in [1.54, 1.807) is 26.0 Å². The molecule has 190 valence electrons. The van der Waals surface area contributed by atoms with Gasteiger partial charge in [0.1, 0.15) is 24.7 Å². The van der Waals surface area contributed by atoms with E-state index in [9.17, 15) is 26.3 Å². The van der Waals surface area contributed by atoms with Crippen molar-refractivity contribution in [2.45, 2.75) is 26.2 Å². The van der Waals surface area contributed by atoms with Gasteiger partial charge in [0.2, 0.25) is 11.6 Å². The fourth-order valence-electron chi connectivity index (χ4n) is 3.22. The molecule has 2 aromatic carbocycles. The minimum atomic E-state index is -4.73. The summed E-state index contributed by atoms with van der Waals surface area (Å²) >= 11 is 0. The summed E-state index contributed by atoms with van der Waals surface area (Å²) in [7, 11) is 0. The fraction of sp³-hybridized carbons (Fsp3) is 0.273. The van der Waals surface area contributed by atoms with Gasteiger partial charge in [0, 0.05) is 11.1 Å². The van der Waals surface area contributed by atoms with Crippen LogP contribution in [0.3, 0.4) is 0 Å². The summed E-state index contributed by atoms with van der Waals surface area (Å²) in [6.45, 7) is 3.72. The van der Waals surface area contributed by atoms with Gasteiger partial charge >= 0.3 is 24.1 Å². The molecule has 0 saturated carbocycles. The highest BCUT2D eigenvalue weighted by Crippen LogP contribution is 2.33. The molecule has 0 atom stereocenters. The molecule has 0 unspecified atom stereocenters. The van der Waals surface area contributed by atoms with Gasteiger partial charge in [-0.2, -0.15) is 36.3 Å². The molecule has 2 aromatic heterocycles. The van der Waals surface area contributed by atoms with E-state index in [4.69, 9.17) is 9.47 Å². The standard InChI is InChI=1S/C22H16F6N4O4/c1-11-9-14(18-30-20(36-32-18)22(26,27)28)10-12(2)16(11)34-8-7-33-15-5-3-13(4-6-15)17-29-19(35-31-17)21(23,24)25/h3-6,9-10H,7-8H2,1-2H3. The van der Waals surface area contributed by atoms with Gasteiger partial charge in [0.15, 0.2) is 0 Å². The Morgan fingerprint density at radius 2 is 1.17 bits per heavy atom. The van der Waals surface area contributed by atoms with Crippen molar-refractivity contribution in [1.82, 2.24) is 20.3 Å². The summed E-state index contributed by atoms with van der Waals surface area (Å²) in [4.78, 5) is 6.70. The number of ether oxygens (including phenoxy) is 2.